The molecule has 0 aliphatic rings. The number of alkyl halides is 3. The number of hydrogen-bond donors (Lipinski definition) is 0. The van der Waals surface area contributed by atoms with Gasteiger partial charge in [-0.3, -0.25) is 0 Å². The van der Waals surface area contributed by atoms with Gasteiger partial charge < -0.3 is 18.3 Å². The van der Waals surface area contributed by atoms with E-state index in [1.165, 1.54) is 6.07 Å². The number of fused-ring (bicyclic) bond motifs is 12. The first-order valence-corrected chi connectivity index (χ1v) is 25.6. The molecule has 15 aromatic rings. The Balaban J connectivity index is 1.03. The molecule has 6 nitrogen and oxygen atoms in total. The van der Waals surface area contributed by atoms with Crippen molar-refractivity contribution in [3.05, 3.63) is 259 Å². The highest BCUT2D eigenvalue weighted by Crippen LogP contribution is 2.50. The summed E-state index contributed by atoms with van der Waals surface area (Å²) >= 11 is 0. The van der Waals surface area contributed by atoms with E-state index in [0.29, 0.717) is 39.3 Å². The predicted octanol–water partition coefficient (Wildman–Crippen LogP) is 18.9. The molecule has 0 fully saturated rings. The lowest BCUT2D eigenvalue weighted by molar-refractivity contribution is -0.137. The standard InChI is InChI=1S/C69H39F3N6/c1-74-56-23-15-31-66(78-62-29-13-7-21-52(62)55-40-45(34-37-64(55)78)76-59-26-10-4-18-49(59)50-19-5-11-27-60(50)76)68(56)67-53(46-35-32-43(69(70,71)72)38-42(46)41-73)22-14-30-65(67)77-61-28-12-6-20-51(61)54-39-44(33-36-63(54)77)75-57-24-8-2-16-47(57)48-17-3-9-25-58(48)75/h2-40H. The smallest absolute Gasteiger partial charge is 0.310 e. The minimum Gasteiger partial charge on any atom is -0.310 e. The van der Waals surface area contributed by atoms with Gasteiger partial charge in [0.25, 0.3) is 0 Å². The Kier molecular flexibility index (Phi) is 9.75. The van der Waals surface area contributed by atoms with Crippen LogP contribution in [0.15, 0.2) is 237 Å². The summed E-state index contributed by atoms with van der Waals surface area (Å²) in [7, 11) is 0. The molecule has 0 saturated heterocycles. The van der Waals surface area contributed by atoms with Crippen LogP contribution in [0.25, 0.3) is 137 Å². The van der Waals surface area contributed by atoms with Crippen LogP contribution in [-0.2, 0) is 6.18 Å². The molecule has 15 rings (SSSR count). The number of hydrogen-bond acceptors (Lipinski definition) is 1. The van der Waals surface area contributed by atoms with Gasteiger partial charge >= 0.3 is 6.18 Å². The lowest BCUT2D eigenvalue weighted by atomic mass is 9.88. The Morgan fingerprint density at radius 3 is 1.17 bits per heavy atom. The second kappa shape index (κ2) is 17.0. The molecule has 11 aromatic carbocycles. The third-order valence-electron chi connectivity index (χ3n) is 15.7. The summed E-state index contributed by atoms with van der Waals surface area (Å²) in [5.41, 5.74) is 12.4. The minimum atomic E-state index is -4.68. The largest absolute Gasteiger partial charge is 0.416 e. The van der Waals surface area contributed by atoms with Gasteiger partial charge in [-0.1, -0.05) is 140 Å². The van der Waals surface area contributed by atoms with E-state index in [0.717, 1.165) is 111 Å². The van der Waals surface area contributed by atoms with Gasteiger partial charge in [-0.2, -0.15) is 18.4 Å². The van der Waals surface area contributed by atoms with Crippen molar-refractivity contribution in [1.29, 1.82) is 5.26 Å². The zero-order valence-corrected chi connectivity index (χ0v) is 41.3. The Bertz CT molecular complexity index is 5020. The second-order valence-electron chi connectivity index (χ2n) is 19.7. The maximum Gasteiger partial charge on any atom is 0.416 e. The number of benzene rings is 11. The average molecular weight is 1010 g/mol. The molecule has 9 heteroatoms. The van der Waals surface area contributed by atoms with Crippen molar-refractivity contribution in [3.63, 3.8) is 0 Å². The van der Waals surface area contributed by atoms with E-state index in [4.69, 9.17) is 6.57 Å². The van der Waals surface area contributed by atoms with Gasteiger partial charge in [0.2, 0.25) is 0 Å². The fourth-order valence-corrected chi connectivity index (χ4v) is 12.4. The molecule has 4 aromatic heterocycles. The first kappa shape index (κ1) is 44.8. The molecular weight excluding hydrogens is 970 g/mol. The van der Waals surface area contributed by atoms with Crippen LogP contribution in [0.1, 0.15) is 11.1 Å². The van der Waals surface area contributed by atoms with Crippen molar-refractivity contribution in [2.45, 2.75) is 6.18 Å². The van der Waals surface area contributed by atoms with Gasteiger partial charge in [-0.05, 0) is 103 Å². The van der Waals surface area contributed by atoms with Crippen LogP contribution >= 0.6 is 0 Å². The molecule has 0 spiro atoms. The van der Waals surface area contributed by atoms with Gasteiger partial charge in [0.1, 0.15) is 0 Å². The fraction of sp³-hybridized carbons (Fsp3) is 0.0145. The quantitative estimate of drug-likeness (QED) is 0.153. The summed E-state index contributed by atoms with van der Waals surface area (Å²) in [6, 6.07) is 80.1. The molecule has 0 bridgehead atoms. The summed E-state index contributed by atoms with van der Waals surface area (Å²) in [4.78, 5) is 4.25. The van der Waals surface area contributed by atoms with Crippen molar-refractivity contribution in [2.24, 2.45) is 0 Å². The third-order valence-corrected chi connectivity index (χ3v) is 15.7. The maximum atomic E-state index is 14.5. The summed E-state index contributed by atoms with van der Waals surface area (Å²) in [5, 5.41) is 19.4. The van der Waals surface area contributed by atoms with Crippen molar-refractivity contribution < 1.29 is 13.2 Å². The topological polar surface area (TPSA) is 47.9 Å². The molecule has 0 amide bonds. The second-order valence-corrected chi connectivity index (χ2v) is 19.7. The molecular formula is C69H39F3N6. The Hall–Kier alpha value is -10.6. The van der Waals surface area contributed by atoms with E-state index in [1.807, 2.05) is 54.6 Å². The Morgan fingerprint density at radius 1 is 0.359 bits per heavy atom. The normalized spacial score (nSPS) is 12.0. The predicted molar refractivity (Wildman–Crippen MR) is 311 cm³/mol. The number of nitriles is 1. The van der Waals surface area contributed by atoms with Crippen LogP contribution in [0.2, 0.25) is 0 Å². The van der Waals surface area contributed by atoms with Gasteiger partial charge in [0, 0.05) is 76.8 Å². The van der Waals surface area contributed by atoms with Crippen molar-refractivity contribution in [3.8, 4) is 51.1 Å². The molecule has 0 atom stereocenters. The van der Waals surface area contributed by atoms with Crippen LogP contribution < -0.4 is 0 Å². The Morgan fingerprint density at radius 2 is 0.744 bits per heavy atom. The molecule has 0 aliphatic carbocycles. The van der Waals surface area contributed by atoms with E-state index in [-0.39, 0.29) is 5.56 Å². The summed E-state index contributed by atoms with van der Waals surface area (Å²) in [5.74, 6) is 0. The number of halogens is 3. The summed E-state index contributed by atoms with van der Waals surface area (Å²) < 4.78 is 52.4. The molecule has 366 valence electrons. The molecule has 0 unspecified atom stereocenters. The van der Waals surface area contributed by atoms with Crippen molar-refractivity contribution in [1.82, 2.24) is 18.3 Å². The fourth-order valence-electron chi connectivity index (χ4n) is 12.4. The van der Waals surface area contributed by atoms with E-state index < -0.39 is 11.7 Å². The number of aromatic nitrogens is 4. The number of nitrogens with zero attached hydrogens (tertiary/aromatic N) is 6. The zero-order valence-electron chi connectivity index (χ0n) is 41.3. The summed E-state index contributed by atoms with van der Waals surface area (Å²) in [6.07, 6.45) is -4.68. The monoisotopic (exact) mass is 1010 g/mol. The SMILES string of the molecule is [C-]#[N+]c1cccc(-n2c3ccccc3c3cc(-n4c5ccccc5c5ccccc54)ccc32)c1-c1c(-c2ccc(C(F)(F)F)cc2C#N)cccc1-n1c2ccccc2c2cc(-n3c4ccccc4c4ccccc43)ccc21. The lowest BCUT2D eigenvalue weighted by Gasteiger charge is -2.23. The number of rotatable bonds is 6. The first-order valence-electron chi connectivity index (χ1n) is 25.6. The Labute approximate surface area is 443 Å². The van der Waals surface area contributed by atoms with Crippen molar-refractivity contribution in [2.75, 3.05) is 0 Å². The van der Waals surface area contributed by atoms with Gasteiger partial charge in [-0.15, -0.1) is 0 Å². The number of para-hydroxylation sites is 6. The average Bonchev–Trinajstić information content (AvgIpc) is 4.34. The van der Waals surface area contributed by atoms with E-state index in [1.54, 1.807) is 6.07 Å². The van der Waals surface area contributed by atoms with E-state index in [9.17, 15) is 18.4 Å². The minimum absolute atomic E-state index is 0.141. The first-order chi connectivity index (χ1) is 38.3. The van der Waals surface area contributed by atoms with Crippen LogP contribution in [-0.4, -0.2) is 18.3 Å². The van der Waals surface area contributed by atoms with Crippen LogP contribution in [0.4, 0.5) is 18.9 Å². The highest BCUT2D eigenvalue weighted by atomic mass is 19.4. The van der Waals surface area contributed by atoms with Gasteiger partial charge in [-0.25, -0.2) is 4.85 Å². The maximum absolute atomic E-state index is 14.5. The van der Waals surface area contributed by atoms with Crippen molar-refractivity contribution >= 4 is 92.9 Å². The van der Waals surface area contributed by atoms with Gasteiger partial charge in [0.05, 0.1) is 73.6 Å². The third kappa shape index (κ3) is 6.49. The zero-order chi connectivity index (χ0) is 52.4. The van der Waals surface area contributed by atoms with Crippen LogP contribution in [0.5, 0.6) is 0 Å². The van der Waals surface area contributed by atoms with Crippen LogP contribution in [0.3, 0.4) is 0 Å². The molecule has 0 radical (unpaired) electrons. The molecule has 4 heterocycles. The highest BCUT2D eigenvalue weighted by molar-refractivity contribution is 6.16. The lowest BCUT2D eigenvalue weighted by Crippen LogP contribution is -2.06. The van der Waals surface area contributed by atoms with E-state index >= 15 is 0 Å². The molecule has 0 aliphatic heterocycles. The van der Waals surface area contributed by atoms with E-state index in [2.05, 4.69) is 187 Å². The molecule has 78 heavy (non-hydrogen) atoms. The molecule has 0 saturated carbocycles. The summed E-state index contributed by atoms with van der Waals surface area (Å²) in [6.45, 7) is 8.91. The molecule has 0 N–H and O–H groups in total. The van der Waals surface area contributed by atoms with Gasteiger partial charge in [0.15, 0.2) is 5.69 Å². The van der Waals surface area contributed by atoms with Crippen LogP contribution in [0, 0.1) is 17.9 Å². The highest BCUT2D eigenvalue weighted by Gasteiger charge is 2.32.